The van der Waals surface area contributed by atoms with Crippen LogP contribution < -0.4 is 10.6 Å². The van der Waals surface area contributed by atoms with Gasteiger partial charge in [0.05, 0.1) is 12.6 Å². The van der Waals surface area contributed by atoms with Crippen molar-refractivity contribution in [3.63, 3.8) is 0 Å². The maximum absolute atomic E-state index is 11.2. The smallest absolute Gasteiger partial charge is 0.354 e. The minimum absolute atomic E-state index is 0.0189. The van der Waals surface area contributed by atoms with Crippen LogP contribution in [0.4, 0.5) is 17.2 Å². The first kappa shape index (κ1) is 16.4. The number of aromatic nitrogens is 1. The van der Waals surface area contributed by atoms with E-state index in [1.807, 2.05) is 18.2 Å². The first-order valence-corrected chi connectivity index (χ1v) is 8.81. The van der Waals surface area contributed by atoms with Crippen LogP contribution in [0.25, 0.3) is 4.85 Å². The summed E-state index contributed by atoms with van der Waals surface area (Å²) in [6.45, 7) is 9.49. The molecule has 132 valence electrons. The van der Waals surface area contributed by atoms with E-state index in [2.05, 4.69) is 27.4 Å². The van der Waals surface area contributed by atoms with Crippen molar-refractivity contribution in [3.05, 3.63) is 59.1 Å². The van der Waals surface area contributed by atoms with Crippen molar-refractivity contribution in [1.29, 1.82) is 0 Å². The van der Waals surface area contributed by atoms with Crippen LogP contribution in [0.15, 0.2) is 36.4 Å². The third-order valence-electron chi connectivity index (χ3n) is 5.32. The number of nitrogens with zero attached hydrogens (tertiary/aromatic N) is 2. The highest BCUT2D eigenvalue weighted by Gasteiger charge is 2.42. The highest BCUT2D eigenvalue weighted by atomic mass is 16.4. The van der Waals surface area contributed by atoms with Gasteiger partial charge in [-0.25, -0.2) is 14.6 Å². The first-order chi connectivity index (χ1) is 12.6. The molecule has 0 saturated heterocycles. The first-order valence-electron chi connectivity index (χ1n) is 8.81. The maximum Gasteiger partial charge on any atom is 0.354 e. The van der Waals surface area contributed by atoms with Gasteiger partial charge < -0.3 is 15.7 Å². The molecule has 6 nitrogen and oxygen atoms in total. The molecule has 2 aliphatic rings. The molecule has 0 amide bonds. The zero-order chi connectivity index (χ0) is 18.3. The second-order valence-electron chi connectivity index (χ2n) is 7.09. The fraction of sp³-hybridized carbons (Fsp3) is 0.350. The molecule has 6 heteroatoms. The van der Waals surface area contributed by atoms with Crippen LogP contribution >= 0.6 is 0 Å². The molecule has 26 heavy (non-hydrogen) atoms. The van der Waals surface area contributed by atoms with Crippen molar-refractivity contribution in [3.8, 4) is 0 Å². The van der Waals surface area contributed by atoms with Gasteiger partial charge in [-0.15, -0.1) is 0 Å². The average Bonchev–Trinajstić information content (AvgIpc) is 3.48. The number of benzene rings is 1. The van der Waals surface area contributed by atoms with Gasteiger partial charge in [-0.1, -0.05) is 19.1 Å². The van der Waals surface area contributed by atoms with Crippen molar-refractivity contribution in [1.82, 2.24) is 4.98 Å². The number of nitrogens with one attached hydrogen (secondary N) is 2. The van der Waals surface area contributed by atoms with Gasteiger partial charge in [0.1, 0.15) is 5.82 Å². The Labute approximate surface area is 152 Å². The van der Waals surface area contributed by atoms with Gasteiger partial charge in [0.2, 0.25) is 0 Å². The van der Waals surface area contributed by atoms with Crippen LogP contribution in [0.1, 0.15) is 41.9 Å². The number of carboxylic acid groups (broad SMARTS) is 1. The Balaban J connectivity index is 1.72. The quantitative estimate of drug-likeness (QED) is 0.717. The van der Waals surface area contributed by atoms with Crippen LogP contribution in [0.5, 0.6) is 0 Å². The number of fused-ring (bicyclic) bond motifs is 1. The summed E-state index contributed by atoms with van der Waals surface area (Å²) in [5.74, 6) is 0.448. The third kappa shape index (κ3) is 2.97. The molecule has 0 spiro atoms. The molecule has 1 aliphatic heterocycles. The average molecular weight is 348 g/mol. The lowest BCUT2D eigenvalue weighted by atomic mass is 9.81. The van der Waals surface area contributed by atoms with E-state index in [4.69, 9.17) is 6.57 Å². The van der Waals surface area contributed by atoms with Crippen LogP contribution in [0, 0.1) is 18.4 Å². The Hall–Kier alpha value is -3.07. The summed E-state index contributed by atoms with van der Waals surface area (Å²) in [5.41, 5.74) is 2.69. The van der Waals surface area contributed by atoms with E-state index >= 15 is 0 Å². The molecule has 2 heterocycles. The lowest BCUT2D eigenvalue weighted by molar-refractivity contribution is 0.0690. The Morgan fingerprint density at radius 2 is 2.15 bits per heavy atom. The molecule has 2 aromatic rings. The molecule has 1 saturated carbocycles. The zero-order valence-electron chi connectivity index (χ0n) is 14.4. The summed E-state index contributed by atoms with van der Waals surface area (Å²) in [4.78, 5) is 19.0. The standard InChI is InChI=1S/C20H20N4O2/c1-11-18(12-6-7-12)23-15-9-8-13(21-2)10-14(15)19(11)24-17-5-3-4-16(22-17)20(25)26/h3-5,8-12,18-19,23H,6-7H2,1H3,(H,22,24)(H,25,26)/t11-,18+,19+/m0/s1. The number of rotatable bonds is 4. The molecular formula is C20H20N4O2. The van der Waals surface area contributed by atoms with Crippen LogP contribution in [-0.2, 0) is 0 Å². The number of carboxylic acids is 1. The predicted molar refractivity (Wildman–Crippen MR) is 99.6 cm³/mol. The van der Waals surface area contributed by atoms with Gasteiger partial charge in [-0.2, -0.15) is 0 Å². The Morgan fingerprint density at radius 1 is 1.35 bits per heavy atom. The highest BCUT2D eigenvalue weighted by Crippen LogP contribution is 2.47. The van der Waals surface area contributed by atoms with E-state index in [0.29, 0.717) is 23.5 Å². The van der Waals surface area contributed by atoms with Gasteiger partial charge in [-0.05, 0) is 48.6 Å². The van der Waals surface area contributed by atoms with Gasteiger partial charge in [-0.3, -0.25) is 0 Å². The Morgan fingerprint density at radius 3 is 2.85 bits per heavy atom. The molecule has 0 bridgehead atoms. The van der Waals surface area contributed by atoms with Gasteiger partial charge in [0.25, 0.3) is 0 Å². The summed E-state index contributed by atoms with van der Waals surface area (Å²) in [5, 5.41) is 16.3. The number of aromatic carboxylic acids is 1. The summed E-state index contributed by atoms with van der Waals surface area (Å²) in [6, 6.07) is 11.0. The fourth-order valence-electron chi connectivity index (χ4n) is 3.82. The van der Waals surface area contributed by atoms with E-state index in [9.17, 15) is 9.90 Å². The predicted octanol–water partition coefficient (Wildman–Crippen LogP) is 4.32. The topological polar surface area (TPSA) is 78.6 Å². The minimum atomic E-state index is -1.04. The molecular weight excluding hydrogens is 328 g/mol. The molecule has 3 N–H and O–H groups in total. The highest BCUT2D eigenvalue weighted by molar-refractivity contribution is 5.85. The van der Waals surface area contributed by atoms with Crippen molar-refractivity contribution in [2.75, 3.05) is 10.6 Å². The number of hydrogen-bond donors (Lipinski definition) is 3. The van der Waals surface area contributed by atoms with Crippen LogP contribution in [-0.4, -0.2) is 22.1 Å². The summed E-state index contributed by atoms with van der Waals surface area (Å²) in [6.07, 6.45) is 2.47. The minimum Gasteiger partial charge on any atom is -0.477 e. The third-order valence-corrected chi connectivity index (χ3v) is 5.32. The summed E-state index contributed by atoms with van der Waals surface area (Å²) < 4.78 is 0. The molecule has 1 fully saturated rings. The zero-order valence-corrected chi connectivity index (χ0v) is 14.4. The van der Waals surface area contributed by atoms with E-state index in [-0.39, 0.29) is 17.7 Å². The Kier molecular flexibility index (Phi) is 4.00. The molecule has 4 rings (SSSR count). The second-order valence-corrected chi connectivity index (χ2v) is 7.09. The lowest BCUT2D eigenvalue weighted by Gasteiger charge is -2.40. The molecule has 1 aromatic carbocycles. The maximum atomic E-state index is 11.2. The fourth-order valence-corrected chi connectivity index (χ4v) is 3.82. The van der Waals surface area contributed by atoms with Gasteiger partial charge in [0.15, 0.2) is 11.4 Å². The van der Waals surface area contributed by atoms with E-state index in [0.717, 1.165) is 11.3 Å². The van der Waals surface area contributed by atoms with Crippen LogP contribution in [0.3, 0.4) is 0 Å². The molecule has 1 aliphatic carbocycles. The molecule has 1 aromatic heterocycles. The number of anilines is 2. The monoisotopic (exact) mass is 348 g/mol. The van der Waals surface area contributed by atoms with Gasteiger partial charge >= 0.3 is 5.97 Å². The molecule has 0 unspecified atom stereocenters. The van der Waals surface area contributed by atoms with Crippen molar-refractivity contribution < 1.29 is 9.90 Å². The van der Waals surface area contributed by atoms with Crippen molar-refractivity contribution >= 4 is 23.2 Å². The van der Waals surface area contributed by atoms with Crippen LogP contribution in [0.2, 0.25) is 0 Å². The van der Waals surface area contributed by atoms with Crippen molar-refractivity contribution in [2.24, 2.45) is 11.8 Å². The SMILES string of the molecule is [C-]#[N+]c1ccc2c(c1)[C@H](Nc1cccc(C(=O)O)n1)[C@@H](C)[C@H](C1CC1)N2. The van der Waals surface area contributed by atoms with E-state index < -0.39 is 5.97 Å². The van der Waals surface area contributed by atoms with E-state index in [1.54, 1.807) is 12.1 Å². The van der Waals surface area contributed by atoms with Gasteiger partial charge in [0, 0.05) is 17.6 Å². The number of carbonyl (C=O) groups is 1. The summed E-state index contributed by atoms with van der Waals surface area (Å²) in [7, 11) is 0. The lowest BCUT2D eigenvalue weighted by Crippen LogP contribution is -2.40. The van der Waals surface area contributed by atoms with E-state index in [1.165, 1.54) is 18.9 Å². The summed E-state index contributed by atoms with van der Waals surface area (Å²) >= 11 is 0. The normalized spacial score (nSPS) is 24.1. The second kappa shape index (κ2) is 6.34. The van der Waals surface area contributed by atoms with Crippen molar-refractivity contribution in [2.45, 2.75) is 31.8 Å². The Bertz CT molecular complexity index is 901. The molecule has 0 radical (unpaired) electrons. The largest absolute Gasteiger partial charge is 0.477 e. The number of hydrogen-bond acceptors (Lipinski definition) is 4. The molecule has 3 atom stereocenters. The number of pyridine rings is 1.